The number of nitro benzene ring substituents is 1. The molecule has 2 amide bonds. The third-order valence-electron chi connectivity index (χ3n) is 3.94. The van der Waals surface area contributed by atoms with Crippen LogP contribution in [0.1, 0.15) is 12.8 Å². The fourth-order valence-electron chi connectivity index (χ4n) is 2.74. The number of carbonyl (C=O) groups excluding carboxylic acids is 2. The molecule has 26 heavy (non-hydrogen) atoms. The van der Waals surface area contributed by atoms with E-state index in [9.17, 15) is 19.7 Å². The lowest BCUT2D eigenvalue weighted by Crippen LogP contribution is -2.26. The molecule has 1 saturated heterocycles. The van der Waals surface area contributed by atoms with Crippen molar-refractivity contribution in [1.82, 2.24) is 0 Å². The molecule has 2 aromatic carbocycles. The molecule has 0 spiro atoms. The maximum Gasteiger partial charge on any atom is 0.273 e. The first-order valence-electron chi connectivity index (χ1n) is 8.11. The van der Waals surface area contributed by atoms with Gasteiger partial charge in [-0.2, -0.15) is 0 Å². The lowest BCUT2D eigenvalue weighted by Gasteiger charge is -2.20. The minimum absolute atomic E-state index is 0.0274. The highest BCUT2D eigenvalue weighted by Gasteiger charge is 2.24. The van der Waals surface area contributed by atoms with Gasteiger partial charge in [-0.05, 0) is 24.6 Å². The van der Waals surface area contributed by atoms with Gasteiger partial charge in [0.2, 0.25) is 5.91 Å². The van der Waals surface area contributed by atoms with Crippen molar-refractivity contribution in [3.8, 4) is 5.75 Å². The van der Waals surface area contributed by atoms with E-state index in [2.05, 4.69) is 5.32 Å². The van der Waals surface area contributed by atoms with Crippen molar-refractivity contribution in [1.29, 1.82) is 0 Å². The molecule has 1 aliphatic heterocycles. The van der Waals surface area contributed by atoms with Gasteiger partial charge in [0.15, 0.2) is 6.61 Å². The SMILES string of the molecule is O=C(COc1cccc([N+](=O)[O-])c1)Nc1ccccc1N1CCCC1=O. The van der Waals surface area contributed by atoms with Gasteiger partial charge < -0.3 is 15.0 Å². The molecule has 0 aromatic heterocycles. The van der Waals surface area contributed by atoms with Crippen molar-refractivity contribution in [2.24, 2.45) is 0 Å². The normalized spacial score (nSPS) is 13.5. The summed E-state index contributed by atoms with van der Waals surface area (Å²) < 4.78 is 5.32. The van der Waals surface area contributed by atoms with Crippen LogP contribution in [-0.4, -0.2) is 29.9 Å². The van der Waals surface area contributed by atoms with Crippen LogP contribution in [0.4, 0.5) is 17.1 Å². The number of rotatable bonds is 6. The van der Waals surface area contributed by atoms with E-state index in [4.69, 9.17) is 4.74 Å². The number of hydrogen-bond acceptors (Lipinski definition) is 5. The maximum atomic E-state index is 12.2. The summed E-state index contributed by atoms with van der Waals surface area (Å²) in [5.41, 5.74) is 1.06. The second kappa shape index (κ2) is 7.64. The topological polar surface area (TPSA) is 102 Å². The largest absolute Gasteiger partial charge is 0.484 e. The number of benzene rings is 2. The number of para-hydroxylation sites is 2. The van der Waals surface area contributed by atoms with E-state index in [1.54, 1.807) is 29.2 Å². The van der Waals surface area contributed by atoms with Gasteiger partial charge in [-0.15, -0.1) is 0 Å². The number of ether oxygens (including phenoxy) is 1. The Morgan fingerprint density at radius 2 is 2.04 bits per heavy atom. The van der Waals surface area contributed by atoms with Crippen molar-refractivity contribution in [2.45, 2.75) is 12.8 Å². The summed E-state index contributed by atoms with van der Waals surface area (Å²) in [5, 5.41) is 13.5. The molecule has 3 rings (SSSR count). The molecule has 0 unspecified atom stereocenters. The molecule has 8 heteroatoms. The average Bonchev–Trinajstić information content (AvgIpc) is 3.06. The number of nitrogens with zero attached hydrogens (tertiary/aromatic N) is 2. The molecule has 0 bridgehead atoms. The van der Waals surface area contributed by atoms with E-state index in [0.29, 0.717) is 24.3 Å². The third-order valence-corrected chi connectivity index (χ3v) is 3.94. The van der Waals surface area contributed by atoms with Gasteiger partial charge in [0.25, 0.3) is 11.6 Å². The summed E-state index contributed by atoms with van der Waals surface area (Å²) in [5.74, 6) is -0.160. The predicted octanol–water partition coefficient (Wildman–Crippen LogP) is 2.74. The molecular weight excluding hydrogens is 338 g/mol. The summed E-state index contributed by atoms with van der Waals surface area (Å²) in [7, 11) is 0. The number of nitro groups is 1. The minimum Gasteiger partial charge on any atom is -0.484 e. The summed E-state index contributed by atoms with van der Waals surface area (Å²) in [6.07, 6.45) is 1.29. The molecule has 0 saturated carbocycles. The van der Waals surface area contributed by atoms with Crippen molar-refractivity contribution in [3.05, 3.63) is 58.6 Å². The van der Waals surface area contributed by atoms with Gasteiger partial charge in [-0.25, -0.2) is 0 Å². The monoisotopic (exact) mass is 355 g/mol. The van der Waals surface area contributed by atoms with E-state index in [1.807, 2.05) is 0 Å². The first-order chi connectivity index (χ1) is 12.5. The molecule has 1 heterocycles. The Hall–Kier alpha value is -3.42. The van der Waals surface area contributed by atoms with Crippen LogP contribution < -0.4 is 15.0 Å². The van der Waals surface area contributed by atoms with E-state index in [1.165, 1.54) is 24.3 Å². The fourth-order valence-corrected chi connectivity index (χ4v) is 2.74. The van der Waals surface area contributed by atoms with Crippen molar-refractivity contribution >= 4 is 28.9 Å². The molecule has 0 aliphatic carbocycles. The fraction of sp³-hybridized carbons (Fsp3) is 0.222. The number of anilines is 2. The molecule has 1 fully saturated rings. The zero-order valence-electron chi connectivity index (χ0n) is 13.9. The second-order valence-electron chi connectivity index (χ2n) is 5.76. The van der Waals surface area contributed by atoms with Crippen molar-refractivity contribution in [3.63, 3.8) is 0 Å². The number of carbonyl (C=O) groups is 2. The Balaban J connectivity index is 1.65. The highest BCUT2D eigenvalue weighted by atomic mass is 16.6. The number of nitrogens with one attached hydrogen (secondary N) is 1. The first kappa shape index (κ1) is 17.4. The molecule has 134 valence electrons. The Labute approximate surface area is 149 Å². The van der Waals surface area contributed by atoms with Crippen LogP contribution in [0.3, 0.4) is 0 Å². The summed E-state index contributed by atoms with van der Waals surface area (Å²) in [6, 6.07) is 12.7. The van der Waals surface area contributed by atoms with Gasteiger partial charge in [-0.1, -0.05) is 18.2 Å². The first-order valence-corrected chi connectivity index (χ1v) is 8.11. The van der Waals surface area contributed by atoms with E-state index in [-0.39, 0.29) is 24.0 Å². The predicted molar refractivity (Wildman–Crippen MR) is 95.3 cm³/mol. The average molecular weight is 355 g/mol. The molecule has 1 aliphatic rings. The molecule has 2 aromatic rings. The van der Waals surface area contributed by atoms with Gasteiger partial charge in [0.05, 0.1) is 22.4 Å². The number of amides is 2. The van der Waals surface area contributed by atoms with E-state index < -0.39 is 10.8 Å². The summed E-state index contributed by atoms with van der Waals surface area (Å²) in [6.45, 7) is 0.319. The van der Waals surface area contributed by atoms with E-state index in [0.717, 1.165) is 6.42 Å². The van der Waals surface area contributed by atoms with Crippen LogP contribution in [0.15, 0.2) is 48.5 Å². The minimum atomic E-state index is -0.532. The lowest BCUT2D eigenvalue weighted by molar-refractivity contribution is -0.384. The van der Waals surface area contributed by atoms with Crippen LogP contribution in [0.5, 0.6) is 5.75 Å². The summed E-state index contributed by atoms with van der Waals surface area (Å²) in [4.78, 5) is 36.0. The van der Waals surface area contributed by atoms with Gasteiger partial charge in [0.1, 0.15) is 5.75 Å². The molecule has 1 N–H and O–H groups in total. The lowest BCUT2D eigenvalue weighted by atomic mass is 10.2. The van der Waals surface area contributed by atoms with Crippen LogP contribution >= 0.6 is 0 Å². The van der Waals surface area contributed by atoms with E-state index >= 15 is 0 Å². The van der Waals surface area contributed by atoms with Crippen LogP contribution in [0, 0.1) is 10.1 Å². The van der Waals surface area contributed by atoms with Gasteiger partial charge in [0, 0.05) is 19.0 Å². The number of hydrogen-bond donors (Lipinski definition) is 1. The zero-order valence-corrected chi connectivity index (χ0v) is 13.9. The van der Waals surface area contributed by atoms with Crippen LogP contribution in [-0.2, 0) is 9.59 Å². The highest BCUT2D eigenvalue weighted by molar-refractivity contribution is 6.02. The quantitative estimate of drug-likeness (QED) is 0.634. The highest BCUT2D eigenvalue weighted by Crippen LogP contribution is 2.29. The number of non-ortho nitro benzene ring substituents is 1. The standard InChI is InChI=1S/C18H17N3O5/c22-17(12-26-14-6-3-5-13(11-14)21(24)25)19-15-7-1-2-8-16(15)20-10-4-9-18(20)23/h1-3,5-8,11H,4,9-10,12H2,(H,19,22). The third kappa shape index (κ3) is 3.97. The maximum absolute atomic E-state index is 12.2. The Kier molecular flexibility index (Phi) is 5.12. The molecule has 0 radical (unpaired) electrons. The zero-order chi connectivity index (χ0) is 18.5. The molecule has 0 atom stereocenters. The Morgan fingerprint density at radius 1 is 1.23 bits per heavy atom. The Morgan fingerprint density at radius 3 is 2.77 bits per heavy atom. The second-order valence-corrected chi connectivity index (χ2v) is 5.76. The molecule has 8 nitrogen and oxygen atoms in total. The van der Waals surface area contributed by atoms with Crippen molar-refractivity contribution in [2.75, 3.05) is 23.4 Å². The Bertz CT molecular complexity index is 852. The van der Waals surface area contributed by atoms with Gasteiger partial charge >= 0.3 is 0 Å². The van der Waals surface area contributed by atoms with Crippen LogP contribution in [0.25, 0.3) is 0 Å². The van der Waals surface area contributed by atoms with Gasteiger partial charge in [-0.3, -0.25) is 19.7 Å². The van der Waals surface area contributed by atoms with Crippen molar-refractivity contribution < 1.29 is 19.2 Å². The van der Waals surface area contributed by atoms with Crippen LogP contribution in [0.2, 0.25) is 0 Å². The molecular formula is C18H17N3O5. The smallest absolute Gasteiger partial charge is 0.273 e. The summed E-state index contributed by atoms with van der Waals surface area (Å²) >= 11 is 0.